The summed E-state index contributed by atoms with van der Waals surface area (Å²) in [5.41, 5.74) is 4.50. The monoisotopic (exact) mass is 160 g/mol. The van der Waals surface area contributed by atoms with Crippen LogP contribution in [0.25, 0.3) is 0 Å². The van der Waals surface area contributed by atoms with Crippen molar-refractivity contribution in [2.45, 2.75) is 27.7 Å². The molecule has 0 aliphatic heterocycles. The van der Waals surface area contributed by atoms with E-state index in [0.717, 1.165) is 24.9 Å². The first-order valence-corrected chi connectivity index (χ1v) is 4.41. The Kier molecular flexibility index (Phi) is 12.2. The lowest BCUT2D eigenvalue weighted by molar-refractivity contribution is 0.497. The molecule has 0 aliphatic rings. The molecule has 0 aromatic carbocycles. The van der Waals surface area contributed by atoms with Crippen molar-refractivity contribution in [2.75, 3.05) is 20.1 Å². The predicted molar refractivity (Wildman–Crippen MR) is 52.7 cm³/mol. The van der Waals surface area contributed by atoms with E-state index in [-0.39, 0.29) is 0 Å². The second-order valence-corrected chi connectivity index (χ2v) is 3.45. The van der Waals surface area contributed by atoms with Gasteiger partial charge in [-0.05, 0) is 32.0 Å². The third kappa shape index (κ3) is 17.8. The Balaban J connectivity index is 0. The van der Waals surface area contributed by atoms with Gasteiger partial charge in [-0.1, -0.05) is 27.7 Å². The van der Waals surface area contributed by atoms with Crippen LogP contribution in [0.4, 0.5) is 0 Å². The average molecular weight is 160 g/mol. The molecule has 0 fully saturated rings. The molecule has 0 rings (SSSR count). The predicted octanol–water partition coefficient (Wildman–Crippen LogP) is 1.46. The third-order valence-electron chi connectivity index (χ3n) is 1.11. The number of nitrogens with two attached hydrogens (primary N) is 1. The standard InChI is InChI=1S/C8H19N.CH5N/c1-7(2)5-9-6-8(3)4;1-2/h7-9H,5-6H2,1-4H3;2H2,1H3. The Labute approximate surface area is 71.6 Å². The van der Waals surface area contributed by atoms with Crippen molar-refractivity contribution >= 4 is 0 Å². The highest BCUT2D eigenvalue weighted by Crippen LogP contribution is 1.90. The van der Waals surface area contributed by atoms with Gasteiger partial charge < -0.3 is 11.1 Å². The fraction of sp³-hybridized carbons (Fsp3) is 1.00. The second kappa shape index (κ2) is 9.92. The number of nitrogens with one attached hydrogen (secondary N) is 1. The average Bonchev–Trinajstić information content (AvgIpc) is 1.90. The van der Waals surface area contributed by atoms with E-state index < -0.39 is 0 Å². The SMILES string of the molecule is CC(C)CNCC(C)C.CN. The van der Waals surface area contributed by atoms with Crippen molar-refractivity contribution in [1.82, 2.24) is 5.32 Å². The van der Waals surface area contributed by atoms with Crippen LogP contribution in [-0.2, 0) is 0 Å². The molecule has 0 saturated heterocycles. The molecule has 2 heteroatoms. The lowest BCUT2D eigenvalue weighted by atomic mass is 10.2. The van der Waals surface area contributed by atoms with Crippen LogP contribution in [0.15, 0.2) is 0 Å². The Bertz CT molecular complexity index is 52.6. The van der Waals surface area contributed by atoms with Gasteiger partial charge in [0.05, 0.1) is 0 Å². The van der Waals surface area contributed by atoms with Crippen molar-refractivity contribution in [3.05, 3.63) is 0 Å². The molecular formula is C9H24N2. The molecule has 0 radical (unpaired) electrons. The molecule has 0 heterocycles. The smallest absolute Gasteiger partial charge is 0.00257 e. The summed E-state index contributed by atoms with van der Waals surface area (Å²) in [6.45, 7) is 11.2. The van der Waals surface area contributed by atoms with Crippen molar-refractivity contribution < 1.29 is 0 Å². The van der Waals surface area contributed by atoms with E-state index >= 15 is 0 Å². The molecule has 0 amide bonds. The van der Waals surface area contributed by atoms with Crippen LogP contribution in [-0.4, -0.2) is 20.1 Å². The molecule has 0 aromatic heterocycles. The van der Waals surface area contributed by atoms with Gasteiger partial charge in [0.25, 0.3) is 0 Å². The molecule has 0 unspecified atom stereocenters. The van der Waals surface area contributed by atoms with E-state index in [1.165, 1.54) is 7.05 Å². The van der Waals surface area contributed by atoms with Crippen molar-refractivity contribution in [3.63, 3.8) is 0 Å². The number of hydrogen-bond donors (Lipinski definition) is 2. The summed E-state index contributed by atoms with van der Waals surface area (Å²) in [6.07, 6.45) is 0. The zero-order valence-electron chi connectivity index (χ0n) is 8.65. The fourth-order valence-electron chi connectivity index (χ4n) is 0.661. The normalized spacial score (nSPS) is 9.82. The van der Waals surface area contributed by atoms with Gasteiger partial charge in [0.15, 0.2) is 0 Å². The van der Waals surface area contributed by atoms with Gasteiger partial charge in [-0.3, -0.25) is 0 Å². The minimum absolute atomic E-state index is 0.781. The summed E-state index contributed by atoms with van der Waals surface area (Å²) in [6, 6.07) is 0. The molecule has 0 aromatic rings. The highest BCUT2D eigenvalue weighted by atomic mass is 14.9. The van der Waals surface area contributed by atoms with Crippen molar-refractivity contribution in [1.29, 1.82) is 0 Å². The Morgan fingerprint density at radius 1 is 0.909 bits per heavy atom. The summed E-state index contributed by atoms with van der Waals surface area (Å²) in [5, 5.41) is 3.38. The zero-order chi connectivity index (χ0) is 9.28. The second-order valence-electron chi connectivity index (χ2n) is 3.45. The highest BCUT2D eigenvalue weighted by molar-refractivity contribution is 4.52. The molecule has 0 bridgehead atoms. The van der Waals surface area contributed by atoms with E-state index in [2.05, 4.69) is 38.7 Å². The molecule has 3 N–H and O–H groups in total. The molecular weight excluding hydrogens is 136 g/mol. The highest BCUT2D eigenvalue weighted by Gasteiger charge is 1.93. The number of hydrogen-bond acceptors (Lipinski definition) is 2. The van der Waals surface area contributed by atoms with Crippen LogP contribution >= 0.6 is 0 Å². The van der Waals surface area contributed by atoms with Gasteiger partial charge in [0.1, 0.15) is 0 Å². The van der Waals surface area contributed by atoms with E-state index in [1.807, 2.05) is 0 Å². The fourth-order valence-corrected chi connectivity index (χ4v) is 0.661. The summed E-state index contributed by atoms with van der Waals surface area (Å²) >= 11 is 0. The van der Waals surface area contributed by atoms with Crippen LogP contribution in [0, 0.1) is 11.8 Å². The molecule has 0 aliphatic carbocycles. The Hall–Kier alpha value is -0.0800. The molecule has 2 nitrogen and oxygen atoms in total. The zero-order valence-corrected chi connectivity index (χ0v) is 8.65. The maximum atomic E-state index is 4.50. The molecule has 11 heavy (non-hydrogen) atoms. The maximum Gasteiger partial charge on any atom is -0.00257 e. The van der Waals surface area contributed by atoms with Gasteiger partial charge in [0.2, 0.25) is 0 Å². The summed E-state index contributed by atoms with van der Waals surface area (Å²) in [4.78, 5) is 0. The van der Waals surface area contributed by atoms with Crippen LogP contribution in [0.2, 0.25) is 0 Å². The minimum Gasteiger partial charge on any atom is -0.333 e. The largest absolute Gasteiger partial charge is 0.333 e. The maximum absolute atomic E-state index is 4.50. The first-order chi connectivity index (χ1) is 5.13. The quantitative estimate of drug-likeness (QED) is 0.653. The first kappa shape index (κ1) is 13.5. The Morgan fingerprint density at radius 2 is 1.18 bits per heavy atom. The van der Waals surface area contributed by atoms with E-state index in [1.54, 1.807) is 0 Å². The van der Waals surface area contributed by atoms with Gasteiger partial charge >= 0.3 is 0 Å². The number of rotatable bonds is 4. The van der Waals surface area contributed by atoms with Crippen LogP contribution in [0.1, 0.15) is 27.7 Å². The summed E-state index contributed by atoms with van der Waals surface area (Å²) < 4.78 is 0. The summed E-state index contributed by atoms with van der Waals surface area (Å²) in [7, 11) is 1.50. The van der Waals surface area contributed by atoms with Gasteiger partial charge in [-0.25, -0.2) is 0 Å². The molecule has 70 valence electrons. The van der Waals surface area contributed by atoms with E-state index in [9.17, 15) is 0 Å². The molecule has 0 spiro atoms. The van der Waals surface area contributed by atoms with Gasteiger partial charge in [0, 0.05) is 0 Å². The topological polar surface area (TPSA) is 38.0 Å². The van der Waals surface area contributed by atoms with Crippen molar-refractivity contribution in [3.8, 4) is 0 Å². The molecule has 0 atom stereocenters. The lowest BCUT2D eigenvalue weighted by Gasteiger charge is -2.08. The Morgan fingerprint density at radius 3 is 1.36 bits per heavy atom. The van der Waals surface area contributed by atoms with Gasteiger partial charge in [-0.15, -0.1) is 0 Å². The van der Waals surface area contributed by atoms with E-state index in [0.29, 0.717) is 0 Å². The summed E-state index contributed by atoms with van der Waals surface area (Å²) in [5.74, 6) is 1.56. The minimum atomic E-state index is 0.781. The van der Waals surface area contributed by atoms with Crippen LogP contribution < -0.4 is 11.1 Å². The van der Waals surface area contributed by atoms with E-state index in [4.69, 9.17) is 0 Å². The van der Waals surface area contributed by atoms with Crippen molar-refractivity contribution in [2.24, 2.45) is 17.6 Å². The molecule has 0 saturated carbocycles. The first-order valence-electron chi connectivity index (χ1n) is 4.41. The van der Waals surface area contributed by atoms with Gasteiger partial charge in [-0.2, -0.15) is 0 Å². The van der Waals surface area contributed by atoms with Crippen LogP contribution in [0.5, 0.6) is 0 Å². The lowest BCUT2D eigenvalue weighted by Crippen LogP contribution is -2.23. The van der Waals surface area contributed by atoms with Crippen LogP contribution in [0.3, 0.4) is 0 Å². The third-order valence-corrected chi connectivity index (χ3v) is 1.11.